The van der Waals surface area contributed by atoms with E-state index in [1.807, 2.05) is 30.5 Å². The number of rotatable bonds is 5. The molecular formula is C18H20N2O4S. The highest BCUT2D eigenvalue weighted by Crippen LogP contribution is 2.32. The second kappa shape index (κ2) is 7.57. The molecule has 0 bridgehead atoms. The fraction of sp³-hybridized carbons (Fsp3) is 0.333. The summed E-state index contributed by atoms with van der Waals surface area (Å²) in [6, 6.07) is 8.28. The summed E-state index contributed by atoms with van der Waals surface area (Å²) in [7, 11) is 0. The van der Waals surface area contributed by atoms with E-state index in [0.717, 1.165) is 5.56 Å². The number of benzene rings is 1. The zero-order valence-electron chi connectivity index (χ0n) is 14.1. The third-order valence-electron chi connectivity index (χ3n) is 3.91. The van der Waals surface area contributed by atoms with E-state index in [0.29, 0.717) is 29.6 Å². The minimum atomic E-state index is -0.630. The maximum absolute atomic E-state index is 12.3. The van der Waals surface area contributed by atoms with Gasteiger partial charge in [0.15, 0.2) is 11.5 Å². The van der Waals surface area contributed by atoms with Gasteiger partial charge in [0.2, 0.25) is 5.91 Å². The van der Waals surface area contributed by atoms with E-state index in [1.165, 1.54) is 11.3 Å². The highest BCUT2D eigenvalue weighted by atomic mass is 32.1. The van der Waals surface area contributed by atoms with Gasteiger partial charge in [0, 0.05) is 0 Å². The molecule has 6 nitrogen and oxygen atoms in total. The van der Waals surface area contributed by atoms with Crippen molar-refractivity contribution in [2.45, 2.75) is 25.9 Å². The molecule has 2 atom stereocenters. The Morgan fingerprint density at radius 1 is 1.08 bits per heavy atom. The second-order valence-corrected chi connectivity index (χ2v) is 6.75. The van der Waals surface area contributed by atoms with Gasteiger partial charge in [0.25, 0.3) is 5.91 Å². The molecule has 1 aromatic heterocycles. The highest BCUT2D eigenvalue weighted by molar-refractivity contribution is 7.12. The van der Waals surface area contributed by atoms with Crippen LogP contribution in [0, 0.1) is 0 Å². The first-order chi connectivity index (χ1) is 12.0. The van der Waals surface area contributed by atoms with Gasteiger partial charge in [0.05, 0.1) is 10.9 Å². The molecule has 25 heavy (non-hydrogen) atoms. The van der Waals surface area contributed by atoms with Crippen LogP contribution in [0.4, 0.5) is 0 Å². The summed E-state index contributed by atoms with van der Waals surface area (Å²) in [5.74, 6) is 0.908. The largest absolute Gasteiger partial charge is 0.486 e. The van der Waals surface area contributed by atoms with Gasteiger partial charge in [-0.1, -0.05) is 12.1 Å². The van der Waals surface area contributed by atoms with E-state index in [1.54, 1.807) is 19.1 Å². The van der Waals surface area contributed by atoms with Gasteiger partial charge >= 0.3 is 0 Å². The molecule has 0 radical (unpaired) electrons. The van der Waals surface area contributed by atoms with Crippen LogP contribution in [0.15, 0.2) is 35.7 Å². The molecule has 0 saturated carbocycles. The topological polar surface area (TPSA) is 76.7 Å². The van der Waals surface area contributed by atoms with Gasteiger partial charge in [0.1, 0.15) is 19.3 Å². The zero-order chi connectivity index (χ0) is 17.8. The molecule has 7 heteroatoms. The van der Waals surface area contributed by atoms with Crippen LogP contribution in [0.3, 0.4) is 0 Å². The molecule has 2 aromatic rings. The fourth-order valence-corrected chi connectivity index (χ4v) is 3.12. The fourth-order valence-electron chi connectivity index (χ4n) is 2.49. The van der Waals surface area contributed by atoms with Crippen LogP contribution in [-0.2, 0) is 4.79 Å². The lowest BCUT2D eigenvalue weighted by atomic mass is 10.1. The zero-order valence-corrected chi connectivity index (χ0v) is 14.9. The van der Waals surface area contributed by atoms with Crippen LogP contribution in [0.5, 0.6) is 11.5 Å². The summed E-state index contributed by atoms with van der Waals surface area (Å²) in [6.07, 6.45) is 0. The Bertz CT molecular complexity index is 760. The normalized spacial score (nSPS) is 15.1. The lowest BCUT2D eigenvalue weighted by molar-refractivity contribution is -0.123. The monoisotopic (exact) mass is 360 g/mol. The number of nitrogens with one attached hydrogen (secondary N) is 2. The van der Waals surface area contributed by atoms with Gasteiger partial charge in [-0.2, -0.15) is 0 Å². The van der Waals surface area contributed by atoms with Gasteiger partial charge in [-0.15, -0.1) is 11.3 Å². The molecule has 2 amide bonds. The number of fused-ring (bicyclic) bond motifs is 1. The Balaban J connectivity index is 1.59. The molecule has 0 unspecified atom stereocenters. The quantitative estimate of drug-likeness (QED) is 0.859. The number of carbonyl (C=O) groups is 2. The number of amides is 2. The van der Waals surface area contributed by atoms with E-state index in [4.69, 9.17) is 9.47 Å². The molecule has 0 saturated heterocycles. The average Bonchev–Trinajstić information content (AvgIpc) is 3.16. The van der Waals surface area contributed by atoms with Crippen LogP contribution >= 0.6 is 11.3 Å². The van der Waals surface area contributed by atoms with Gasteiger partial charge < -0.3 is 20.1 Å². The predicted molar refractivity (Wildman–Crippen MR) is 95.2 cm³/mol. The van der Waals surface area contributed by atoms with Crippen molar-refractivity contribution in [3.8, 4) is 11.5 Å². The van der Waals surface area contributed by atoms with Crippen molar-refractivity contribution < 1.29 is 19.1 Å². The number of ether oxygens (including phenoxy) is 2. The molecule has 3 rings (SSSR count). The SMILES string of the molecule is C[C@H](NC(=O)[C@@H](C)NC(=O)c1cccs1)c1ccc2c(c1)OCCO2. The maximum Gasteiger partial charge on any atom is 0.261 e. The Morgan fingerprint density at radius 2 is 1.84 bits per heavy atom. The minimum Gasteiger partial charge on any atom is -0.486 e. The van der Waals surface area contributed by atoms with E-state index in [2.05, 4.69) is 10.6 Å². The second-order valence-electron chi connectivity index (χ2n) is 5.81. The number of hydrogen-bond donors (Lipinski definition) is 2. The summed E-state index contributed by atoms with van der Waals surface area (Å²) in [5, 5.41) is 7.43. The van der Waals surface area contributed by atoms with Gasteiger partial charge in [-0.05, 0) is 43.0 Å². The highest BCUT2D eigenvalue weighted by Gasteiger charge is 2.20. The Kier molecular flexibility index (Phi) is 5.23. The summed E-state index contributed by atoms with van der Waals surface area (Å²) in [6.45, 7) is 4.61. The third kappa shape index (κ3) is 4.11. The lowest BCUT2D eigenvalue weighted by Crippen LogP contribution is -2.45. The van der Waals surface area contributed by atoms with Gasteiger partial charge in [-0.3, -0.25) is 9.59 Å². The first-order valence-corrected chi connectivity index (χ1v) is 8.97. The minimum absolute atomic E-state index is 0.218. The third-order valence-corrected chi connectivity index (χ3v) is 4.78. The molecule has 1 aliphatic heterocycles. The van der Waals surface area contributed by atoms with Crippen molar-refractivity contribution in [2.75, 3.05) is 13.2 Å². The molecule has 0 fully saturated rings. The maximum atomic E-state index is 12.3. The van der Waals surface area contributed by atoms with Crippen molar-refractivity contribution in [1.29, 1.82) is 0 Å². The van der Waals surface area contributed by atoms with Crippen LogP contribution in [0.25, 0.3) is 0 Å². The van der Waals surface area contributed by atoms with Crippen LogP contribution in [0.1, 0.15) is 35.1 Å². The summed E-state index contributed by atoms with van der Waals surface area (Å²) in [5.41, 5.74) is 0.911. The van der Waals surface area contributed by atoms with E-state index in [9.17, 15) is 9.59 Å². The standard InChI is InChI=1S/C18H20N2O4S/c1-11(13-5-6-14-15(10-13)24-8-7-23-14)19-17(21)12(2)20-18(22)16-4-3-9-25-16/h3-6,9-12H,7-8H2,1-2H3,(H,19,21)(H,20,22)/t11-,12+/m0/s1. The van der Waals surface area contributed by atoms with Gasteiger partial charge in [-0.25, -0.2) is 0 Å². The summed E-state index contributed by atoms with van der Waals surface area (Å²) < 4.78 is 11.1. The molecular weight excluding hydrogens is 340 g/mol. The summed E-state index contributed by atoms with van der Waals surface area (Å²) in [4.78, 5) is 25.0. The van der Waals surface area contributed by atoms with Crippen molar-refractivity contribution in [1.82, 2.24) is 10.6 Å². The van der Waals surface area contributed by atoms with Crippen molar-refractivity contribution in [3.63, 3.8) is 0 Å². The predicted octanol–water partition coefficient (Wildman–Crippen LogP) is 2.52. The van der Waals surface area contributed by atoms with Crippen molar-refractivity contribution in [3.05, 3.63) is 46.2 Å². The molecule has 2 N–H and O–H groups in total. The average molecular weight is 360 g/mol. The van der Waals surface area contributed by atoms with Crippen LogP contribution in [-0.4, -0.2) is 31.1 Å². The molecule has 0 spiro atoms. The van der Waals surface area contributed by atoms with Crippen LogP contribution < -0.4 is 20.1 Å². The molecule has 1 aromatic carbocycles. The molecule has 2 heterocycles. The van der Waals surface area contributed by atoms with E-state index >= 15 is 0 Å². The molecule has 1 aliphatic rings. The smallest absolute Gasteiger partial charge is 0.261 e. The number of thiophene rings is 1. The number of hydrogen-bond acceptors (Lipinski definition) is 5. The molecule has 0 aliphatic carbocycles. The van der Waals surface area contributed by atoms with E-state index in [-0.39, 0.29) is 17.9 Å². The number of carbonyl (C=O) groups excluding carboxylic acids is 2. The van der Waals surface area contributed by atoms with Crippen LogP contribution in [0.2, 0.25) is 0 Å². The first-order valence-electron chi connectivity index (χ1n) is 8.09. The Hall–Kier alpha value is -2.54. The van der Waals surface area contributed by atoms with Crippen molar-refractivity contribution in [2.24, 2.45) is 0 Å². The van der Waals surface area contributed by atoms with Crippen molar-refractivity contribution >= 4 is 23.2 Å². The Labute approximate surface area is 150 Å². The first kappa shape index (κ1) is 17.3. The lowest BCUT2D eigenvalue weighted by Gasteiger charge is -2.22. The van der Waals surface area contributed by atoms with E-state index < -0.39 is 6.04 Å². The summed E-state index contributed by atoms with van der Waals surface area (Å²) >= 11 is 1.34. The molecule has 132 valence electrons. The Morgan fingerprint density at radius 3 is 2.56 bits per heavy atom.